The van der Waals surface area contributed by atoms with E-state index >= 15 is 0 Å². The second-order valence-corrected chi connectivity index (χ2v) is 6.95. The lowest BCUT2D eigenvalue weighted by Gasteiger charge is -2.25. The summed E-state index contributed by atoms with van der Waals surface area (Å²) in [5, 5.41) is 0. The number of aryl methyl sites for hydroxylation is 1. The fourth-order valence-corrected chi connectivity index (χ4v) is 3.89. The summed E-state index contributed by atoms with van der Waals surface area (Å²) in [6.07, 6.45) is 0. The predicted octanol–water partition coefficient (Wildman–Crippen LogP) is 0.770. The number of amides is 1. The molecule has 0 atom stereocenters. The van der Waals surface area contributed by atoms with E-state index in [1.54, 1.807) is 39.8 Å². The van der Waals surface area contributed by atoms with Crippen molar-refractivity contribution >= 4 is 21.6 Å². The van der Waals surface area contributed by atoms with Crippen molar-refractivity contribution in [3.8, 4) is 0 Å². The van der Waals surface area contributed by atoms with Crippen molar-refractivity contribution in [2.75, 3.05) is 12.3 Å². The van der Waals surface area contributed by atoms with Crippen LogP contribution in [0.3, 0.4) is 0 Å². The Morgan fingerprint density at radius 2 is 1.85 bits per heavy atom. The summed E-state index contributed by atoms with van der Waals surface area (Å²) < 4.78 is 26.5. The molecule has 0 spiro atoms. The summed E-state index contributed by atoms with van der Waals surface area (Å²) in [7, 11) is -3.82. The van der Waals surface area contributed by atoms with Crippen molar-refractivity contribution in [1.29, 1.82) is 0 Å². The molecule has 4 N–H and O–H groups in total. The van der Waals surface area contributed by atoms with Crippen molar-refractivity contribution in [3.63, 3.8) is 0 Å². The van der Waals surface area contributed by atoms with Crippen LogP contribution in [0.4, 0.5) is 5.69 Å². The Kier molecular flexibility index (Phi) is 4.77. The molecule has 1 aromatic rings. The average Bonchev–Trinajstić information content (AvgIpc) is 2.29. The van der Waals surface area contributed by atoms with Crippen LogP contribution in [0.25, 0.3) is 0 Å². The number of hydrogen-bond donors (Lipinski definition) is 2. The van der Waals surface area contributed by atoms with Gasteiger partial charge in [-0.05, 0) is 51.0 Å². The normalized spacial score (nSPS) is 12.1. The van der Waals surface area contributed by atoms with Gasteiger partial charge in [-0.15, -0.1) is 0 Å². The van der Waals surface area contributed by atoms with Gasteiger partial charge in [0.15, 0.2) is 0 Å². The Bertz CT molecular complexity index is 624. The molecule has 0 radical (unpaired) electrons. The smallest absolute Gasteiger partial charge is 0.244 e. The zero-order valence-electron chi connectivity index (χ0n) is 12.2. The predicted molar refractivity (Wildman–Crippen MR) is 78.6 cm³/mol. The molecule has 1 rings (SSSR count). The van der Waals surface area contributed by atoms with E-state index in [0.29, 0.717) is 11.3 Å². The summed E-state index contributed by atoms with van der Waals surface area (Å²) in [5.41, 5.74) is 12.6. The second-order valence-electron chi connectivity index (χ2n) is 5.09. The molecule has 112 valence electrons. The first-order chi connectivity index (χ1) is 9.07. The van der Waals surface area contributed by atoms with Gasteiger partial charge in [-0.1, -0.05) is 0 Å². The molecule has 0 unspecified atom stereocenters. The van der Waals surface area contributed by atoms with E-state index < -0.39 is 15.9 Å². The largest absolute Gasteiger partial charge is 0.398 e. The highest BCUT2D eigenvalue weighted by molar-refractivity contribution is 7.89. The number of nitrogens with zero attached hydrogens (tertiary/aromatic N) is 1. The zero-order valence-corrected chi connectivity index (χ0v) is 13.0. The van der Waals surface area contributed by atoms with E-state index in [0.717, 1.165) is 9.87 Å². The van der Waals surface area contributed by atoms with Crippen LogP contribution in [0.1, 0.15) is 25.0 Å². The maximum absolute atomic E-state index is 12.7. The fourth-order valence-electron chi connectivity index (χ4n) is 1.95. The standard InChI is InChI=1S/C13H21N3O3S/c1-8(2)16(7-13(15)17)20(18,19)12-6-9(3)5-11(14)10(12)4/h5-6,8H,7,14H2,1-4H3,(H2,15,17). The van der Waals surface area contributed by atoms with E-state index in [1.165, 1.54) is 0 Å². The van der Waals surface area contributed by atoms with Crippen LogP contribution in [-0.4, -0.2) is 31.2 Å². The van der Waals surface area contributed by atoms with Crippen molar-refractivity contribution in [2.24, 2.45) is 5.73 Å². The van der Waals surface area contributed by atoms with Gasteiger partial charge >= 0.3 is 0 Å². The molecule has 0 saturated heterocycles. The summed E-state index contributed by atoms with van der Waals surface area (Å²) >= 11 is 0. The first kappa shape index (κ1) is 16.5. The number of nitrogens with two attached hydrogens (primary N) is 2. The first-order valence-electron chi connectivity index (χ1n) is 6.24. The lowest BCUT2D eigenvalue weighted by Crippen LogP contribution is -2.42. The molecular weight excluding hydrogens is 278 g/mol. The number of primary amides is 1. The van der Waals surface area contributed by atoms with E-state index in [9.17, 15) is 13.2 Å². The molecule has 0 aromatic heterocycles. The number of carbonyl (C=O) groups excluding carboxylic acids is 1. The molecule has 0 saturated carbocycles. The van der Waals surface area contributed by atoms with E-state index in [4.69, 9.17) is 11.5 Å². The number of nitrogen functional groups attached to an aromatic ring is 1. The van der Waals surface area contributed by atoms with Crippen molar-refractivity contribution in [3.05, 3.63) is 23.3 Å². The Morgan fingerprint density at radius 3 is 2.30 bits per heavy atom. The van der Waals surface area contributed by atoms with Crippen LogP contribution in [0, 0.1) is 13.8 Å². The van der Waals surface area contributed by atoms with Crippen LogP contribution in [0.15, 0.2) is 17.0 Å². The van der Waals surface area contributed by atoms with Gasteiger partial charge in [0.05, 0.1) is 11.4 Å². The van der Waals surface area contributed by atoms with Gasteiger partial charge in [0.1, 0.15) is 0 Å². The molecule has 0 bridgehead atoms. The van der Waals surface area contributed by atoms with Gasteiger partial charge in [0.2, 0.25) is 15.9 Å². The summed E-state index contributed by atoms with van der Waals surface area (Å²) in [5.74, 6) is -0.694. The van der Waals surface area contributed by atoms with Crippen LogP contribution in [-0.2, 0) is 14.8 Å². The molecule has 0 heterocycles. The number of sulfonamides is 1. The van der Waals surface area contributed by atoms with Crippen molar-refractivity contribution in [1.82, 2.24) is 4.31 Å². The van der Waals surface area contributed by atoms with Crippen LogP contribution in [0.2, 0.25) is 0 Å². The zero-order chi connectivity index (χ0) is 15.7. The molecule has 6 nitrogen and oxygen atoms in total. The van der Waals surface area contributed by atoms with Crippen molar-refractivity contribution < 1.29 is 13.2 Å². The van der Waals surface area contributed by atoms with Gasteiger partial charge < -0.3 is 11.5 Å². The van der Waals surface area contributed by atoms with Gasteiger partial charge in [-0.2, -0.15) is 4.31 Å². The Morgan fingerprint density at radius 1 is 1.30 bits per heavy atom. The molecule has 7 heteroatoms. The van der Waals surface area contributed by atoms with Crippen LogP contribution >= 0.6 is 0 Å². The quantitative estimate of drug-likeness (QED) is 0.783. The molecular formula is C13H21N3O3S. The van der Waals surface area contributed by atoms with Crippen LogP contribution < -0.4 is 11.5 Å². The topological polar surface area (TPSA) is 106 Å². The monoisotopic (exact) mass is 299 g/mol. The highest BCUT2D eigenvalue weighted by Gasteiger charge is 2.30. The maximum Gasteiger partial charge on any atom is 0.244 e. The minimum Gasteiger partial charge on any atom is -0.398 e. The Labute approximate surface area is 119 Å². The highest BCUT2D eigenvalue weighted by atomic mass is 32.2. The average molecular weight is 299 g/mol. The third kappa shape index (κ3) is 3.29. The number of anilines is 1. The van der Waals surface area contributed by atoms with Gasteiger partial charge in [0.25, 0.3) is 0 Å². The third-order valence-electron chi connectivity index (χ3n) is 3.02. The van der Waals surface area contributed by atoms with Crippen molar-refractivity contribution in [2.45, 2.75) is 38.6 Å². The molecule has 0 aliphatic carbocycles. The number of rotatable bonds is 5. The summed E-state index contributed by atoms with van der Waals surface area (Å²) in [6.45, 7) is 6.43. The molecule has 1 amide bonds. The molecule has 0 fully saturated rings. The minimum atomic E-state index is -3.82. The summed E-state index contributed by atoms with van der Waals surface area (Å²) in [6, 6.07) is 2.88. The van der Waals surface area contributed by atoms with Gasteiger partial charge in [-0.25, -0.2) is 8.42 Å². The van der Waals surface area contributed by atoms with Crippen LogP contribution in [0.5, 0.6) is 0 Å². The fraction of sp³-hybridized carbons (Fsp3) is 0.462. The summed E-state index contributed by atoms with van der Waals surface area (Å²) in [4.78, 5) is 11.2. The highest BCUT2D eigenvalue weighted by Crippen LogP contribution is 2.26. The van der Waals surface area contributed by atoms with E-state index in [2.05, 4.69) is 0 Å². The lowest BCUT2D eigenvalue weighted by atomic mass is 10.1. The number of benzene rings is 1. The SMILES string of the molecule is Cc1cc(N)c(C)c(S(=O)(=O)N(CC(N)=O)C(C)C)c1. The number of hydrogen-bond acceptors (Lipinski definition) is 4. The number of carbonyl (C=O) groups is 1. The molecule has 0 aliphatic rings. The first-order valence-corrected chi connectivity index (χ1v) is 7.68. The second kappa shape index (κ2) is 5.80. The third-order valence-corrected chi connectivity index (χ3v) is 5.17. The Hall–Kier alpha value is -1.60. The minimum absolute atomic E-state index is 0.116. The molecule has 20 heavy (non-hydrogen) atoms. The van der Waals surface area contributed by atoms with E-state index in [-0.39, 0.29) is 17.5 Å². The molecule has 0 aliphatic heterocycles. The lowest BCUT2D eigenvalue weighted by molar-refractivity contribution is -0.118. The van der Waals surface area contributed by atoms with Gasteiger partial charge in [0, 0.05) is 11.7 Å². The Balaban J connectivity index is 3.45. The van der Waals surface area contributed by atoms with Gasteiger partial charge in [-0.3, -0.25) is 4.79 Å². The van der Waals surface area contributed by atoms with E-state index in [1.807, 2.05) is 0 Å². The molecule has 1 aromatic carbocycles. The maximum atomic E-state index is 12.7.